The molecule has 4 rings (SSSR count). The van der Waals surface area contributed by atoms with Crippen LogP contribution in [0.1, 0.15) is 22.5 Å². The van der Waals surface area contributed by atoms with Crippen molar-refractivity contribution in [3.8, 4) is 11.1 Å². The minimum absolute atomic E-state index is 0.182. The fourth-order valence-electron chi connectivity index (χ4n) is 4.18. The van der Waals surface area contributed by atoms with Crippen LogP contribution in [0.4, 0.5) is 0 Å². The summed E-state index contributed by atoms with van der Waals surface area (Å²) in [5.41, 5.74) is 3.80. The lowest BCUT2D eigenvalue weighted by Gasteiger charge is -2.11. The highest BCUT2D eigenvalue weighted by Crippen LogP contribution is 2.39. The molecule has 2 aromatic carbocycles. The van der Waals surface area contributed by atoms with E-state index in [-0.39, 0.29) is 12.0 Å². The summed E-state index contributed by atoms with van der Waals surface area (Å²) in [4.78, 5) is 47.3. The molecule has 4 aromatic rings. The quantitative estimate of drug-likeness (QED) is 0.349. The largest absolute Gasteiger partial charge is 0.480 e. The number of hydrogen-bond acceptors (Lipinski definition) is 6. The molecule has 0 saturated heterocycles. The van der Waals surface area contributed by atoms with Gasteiger partial charge in [-0.05, 0) is 38.0 Å². The average Bonchev–Trinajstić information content (AvgIpc) is 3.16. The third kappa shape index (κ3) is 4.65. The number of carboxylic acid groups (broad SMARTS) is 1. The molecule has 2 heterocycles. The van der Waals surface area contributed by atoms with Gasteiger partial charge in [-0.25, -0.2) is 4.79 Å². The predicted molar refractivity (Wildman–Crippen MR) is 129 cm³/mol. The van der Waals surface area contributed by atoms with E-state index < -0.39 is 36.5 Å². The number of aryl methyl sites for hydroxylation is 3. The Balaban J connectivity index is 1.71. The van der Waals surface area contributed by atoms with Crippen molar-refractivity contribution in [1.82, 2.24) is 10.6 Å². The maximum absolute atomic E-state index is 12.8. The molecule has 0 aliphatic carbocycles. The second-order valence-corrected chi connectivity index (χ2v) is 8.27. The molecule has 0 aliphatic rings. The molecule has 0 unspecified atom stereocenters. The van der Waals surface area contributed by atoms with Gasteiger partial charge in [0.1, 0.15) is 23.5 Å². The van der Waals surface area contributed by atoms with Gasteiger partial charge in [0.2, 0.25) is 11.8 Å². The van der Waals surface area contributed by atoms with Crippen LogP contribution in [0.25, 0.3) is 33.1 Å². The Morgan fingerprint density at radius 1 is 0.857 bits per heavy atom. The van der Waals surface area contributed by atoms with Crippen LogP contribution in [0.15, 0.2) is 50.0 Å². The SMILES string of the molecule is Cc1oc2c(C)c3oc(=O)c(CC(=O)NCC(=O)NCC(=O)O)c(C)c3cc2c1-c1ccccc1. The summed E-state index contributed by atoms with van der Waals surface area (Å²) in [6.45, 7) is 4.51. The van der Waals surface area contributed by atoms with Crippen LogP contribution >= 0.6 is 0 Å². The van der Waals surface area contributed by atoms with Gasteiger partial charge in [0, 0.05) is 21.9 Å². The number of furan rings is 1. The lowest BCUT2D eigenvalue weighted by molar-refractivity contribution is -0.137. The lowest BCUT2D eigenvalue weighted by Crippen LogP contribution is -2.39. The van der Waals surface area contributed by atoms with Crippen LogP contribution in [-0.4, -0.2) is 36.0 Å². The summed E-state index contributed by atoms with van der Waals surface area (Å²) in [6, 6.07) is 11.7. The van der Waals surface area contributed by atoms with E-state index in [1.807, 2.05) is 50.2 Å². The fraction of sp³-hybridized carbons (Fsp3) is 0.231. The van der Waals surface area contributed by atoms with Gasteiger partial charge in [0.15, 0.2) is 0 Å². The zero-order chi connectivity index (χ0) is 25.3. The average molecular weight is 476 g/mol. The summed E-state index contributed by atoms with van der Waals surface area (Å²) in [5, 5.41) is 14.7. The normalized spacial score (nSPS) is 11.1. The molecule has 0 atom stereocenters. The van der Waals surface area contributed by atoms with Gasteiger partial charge >= 0.3 is 11.6 Å². The van der Waals surface area contributed by atoms with Crippen LogP contribution in [0, 0.1) is 20.8 Å². The maximum atomic E-state index is 12.8. The number of nitrogens with one attached hydrogen (secondary N) is 2. The van der Waals surface area contributed by atoms with E-state index in [4.69, 9.17) is 13.9 Å². The van der Waals surface area contributed by atoms with Crippen LogP contribution in [0.2, 0.25) is 0 Å². The fourth-order valence-corrected chi connectivity index (χ4v) is 4.18. The summed E-state index contributed by atoms with van der Waals surface area (Å²) in [7, 11) is 0. The molecule has 0 fully saturated rings. The van der Waals surface area contributed by atoms with Crippen LogP contribution in [0.3, 0.4) is 0 Å². The van der Waals surface area contributed by atoms with E-state index in [0.717, 1.165) is 22.3 Å². The first kappa shape index (κ1) is 23.7. The first-order valence-corrected chi connectivity index (χ1v) is 11.0. The Kier molecular flexibility index (Phi) is 6.42. The smallest absolute Gasteiger partial charge is 0.340 e. The number of carboxylic acids is 1. The van der Waals surface area contributed by atoms with E-state index in [1.165, 1.54) is 0 Å². The van der Waals surface area contributed by atoms with Gasteiger partial charge in [-0.15, -0.1) is 0 Å². The molecule has 180 valence electrons. The van der Waals surface area contributed by atoms with Gasteiger partial charge in [0.25, 0.3) is 0 Å². The molecule has 3 N–H and O–H groups in total. The Bertz CT molecular complexity index is 1530. The third-order valence-corrected chi connectivity index (χ3v) is 5.92. The molecule has 0 bridgehead atoms. The van der Waals surface area contributed by atoms with Gasteiger partial charge in [-0.3, -0.25) is 14.4 Å². The van der Waals surface area contributed by atoms with Gasteiger partial charge in [0.05, 0.1) is 18.5 Å². The molecule has 35 heavy (non-hydrogen) atoms. The summed E-state index contributed by atoms with van der Waals surface area (Å²) in [6.07, 6.45) is -0.288. The maximum Gasteiger partial charge on any atom is 0.340 e. The number of rotatable bonds is 7. The van der Waals surface area contributed by atoms with Crippen LogP contribution in [0.5, 0.6) is 0 Å². The van der Waals surface area contributed by atoms with Gasteiger partial charge < -0.3 is 24.6 Å². The Morgan fingerprint density at radius 3 is 2.20 bits per heavy atom. The minimum Gasteiger partial charge on any atom is -0.480 e. The van der Waals surface area contributed by atoms with Crippen molar-refractivity contribution in [3.63, 3.8) is 0 Å². The number of amides is 2. The Hall–Kier alpha value is -4.40. The zero-order valence-electron chi connectivity index (χ0n) is 19.5. The van der Waals surface area contributed by atoms with E-state index in [2.05, 4.69) is 10.6 Å². The lowest BCUT2D eigenvalue weighted by atomic mass is 9.96. The van der Waals surface area contributed by atoms with E-state index in [0.29, 0.717) is 27.7 Å². The number of hydrogen-bond donors (Lipinski definition) is 3. The topological polar surface area (TPSA) is 139 Å². The molecule has 0 spiro atoms. The van der Waals surface area contributed by atoms with Crippen molar-refractivity contribution in [2.24, 2.45) is 0 Å². The number of fused-ring (bicyclic) bond motifs is 2. The number of carbonyl (C=O) groups excluding carboxylic acids is 2. The standard InChI is InChI=1S/C26H24N2O7/c1-13-17-9-19-23(16-7-5-4-6-8-16)15(3)34-25(19)14(2)24(17)35-26(33)18(13)10-20(29)27-11-21(30)28-12-22(31)32/h4-9H,10-12H2,1-3H3,(H,27,29)(H,28,30)(H,31,32). The first-order chi connectivity index (χ1) is 16.7. The number of benzene rings is 2. The Labute approximate surface area is 199 Å². The monoisotopic (exact) mass is 476 g/mol. The van der Waals surface area contributed by atoms with Crippen molar-refractivity contribution in [3.05, 3.63) is 69.3 Å². The Morgan fingerprint density at radius 2 is 1.51 bits per heavy atom. The van der Waals surface area contributed by atoms with Crippen molar-refractivity contribution >= 4 is 39.7 Å². The number of carbonyl (C=O) groups is 3. The summed E-state index contributed by atoms with van der Waals surface area (Å²) >= 11 is 0. The van der Waals surface area contributed by atoms with E-state index >= 15 is 0 Å². The first-order valence-electron chi connectivity index (χ1n) is 11.0. The molecule has 0 radical (unpaired) electrons. The predicted octanol–water partition coefficient (Wildman–Crippen LogP) is 2.99. The second kappa shape index (κ2) is 9.46. The number of aliphatic carboxylic acids is 1. The van der Waals surface area contributed by atoms with Gasteiger partial charge in [-0.1, -0.05) is 30.3 Å². The minimum atomic E-state index is -1.19. The highest BCUT2D eigenvalue weighted by molar-refractivity contribution is 6.06. The van der Waals surface area contributed by atoms with Crippen molar-refractivity contribution in [2.75, 3.05) is 13.1 Å². The molecule has 0 saturated carbocycles. The highest BCUT2D eigenvalue weighted by Gasteiger charge is 2.22. The molecular weight excluding hydrogens is 452 g/mol. The highest BCUT2D eigenvalue weighted by atomic mass is 16.4. The molecule has 0 aliphatic heterocycles. The van der Waals surface area contributed by atoms with Gasteiger partial charge in [-0.2, -0.15) is 0 Å². The van der Waals surface area contributed by atoms with Crippen LogP contribution in [-0.2, 0) is 20.8 Å². The molecule has 9 heteroatoms. The van der Waals surface area contributed by atoms with E-state index in [9.17, 15) is 19.2 Å². The molecule has 9 nitrogen and oxygen atoms in total. The molecular formula is C26H24N2O7. The van der Waals surface area contributed by atoms with Crippen molar-refractivity contribution in [1.29, 1.82) is 0 Å². The summed E-state index contributed by atoms with van der Waals surface area (Å²) < 4.78 is 11.7. The molecule has 2 aromatic heterocycles. The van der Waals surface area contributed by atoms with Crippen LogP contribution < -0.4 is 16.3 Å². The second-order valence-electron chi connectivity index (χ2n) is 8.27. The summed E-state index contributed by atoms with van der Waals surface area (Å²) in [5.74, 6) is -1.66. The van der Waals surface area contributed by atoms with Crippen molar-refractivity contribution < 1.29 is 28.3 Å². The molecule has 2 amide bonds. The third-order valence-electron chi connectivity index (χ3n) is 5.92. The zero-order valence-corrected chi connectivity index (χ0v) is 19.5. The van der Waals surface area contributed by atoms with Crippen molar-refractivity contribution in [2.45, 2.75) is 27.2 Å². The van der Waals surface area contributed by atoms with E-state index in [1.54, 1.807) is 6.92 Å².